The van der Waals surface area contributed by atoms with Crippen molar-refractivity contribution in [3.8, 4) is 0 Å². The quantitative estimate of drug-likeness (QED) is 0.261. The summed E-state index contributed by atoms with van der Waals surface area (Å²) in [6.07, 6.45) is 0. The Morgan fingerprint density at radius 2 is 1.20 bits per heavy atom. The van der Waals surface area contributed by atoms with Gasteiger partial charge in [-0.15, -0.1) is 0 Å². The third-order valence-electron chi connectivity index (χ3n) is 0.727. The van der Waals surface area contributed by atoms with Gasteiger partial charge in [-0.05, 0) is 0 Å². The van der Waals surface area contributed by atoms with Crippen molar-refractivity contribution in [1.29, 1.82) is 0 Å². The van der Waals surface area contributed by atoms with Crippen LogP contribution in [0.2, 0.25) is 0 Å². The van der Waals surface area contributed by atoms with Crippen LogP contribution in [0.5, 0.6) is 0 Å². The fourth-order valence-corrected chi connectivity index (χ4v) is 0.292. The average molecular weight is 216 g/mol. The Morgan fingerprint density at radius 1 is 0.933 bits per heavy atom. The monoisotopic (exact) mass is 216 g/mol. The zero-order valence-corrected chi connectivity index (χ0v) is 7.19. The Morgan fingerprint density at radius 3 is 1.40 bits per heavy atom. The minimum atomic E-state index is -2.98. The first-order valence-electron chi connectivity index (χ1n) is 2.81. The molecule has 0 spiro atoms. The molecule has 0 aliphatic heterocycles. The molecule has 0 aliphatic carbocycles. The predicted molar refractivity (Wildman–Crippen MR) is 30.2 cm³/mol. The number of carbonyl (C=O) groups excluding carboxylic acids is 4. The van der Waals surface area contributed by atoms with Crippen LogP contribution in [0.1, 0.15) is 0 Å². The number of hydrogen-bond acceptors (Lipinski definition) is 7. The Balaban J connectivity index is 0. The second kappa shape index (κ2) is 7.11. The van der Waals surface area contributed by atoms with E-state index in [-0.39, 0.29) is 18.9 Å². The third-order valence-corrected chi connectivity index (χ3v) is 0.727. The molecular formula is C4BF2LiO7. The van der Waals surface area contributed by atoms with Gasteiger partial charge >= 0.3 is 50.2 Å². The molecular weight excluding hydrogens is 216 g/mol. The van der Waals surface area contributed by atoms with E-state index < -0.39 is 31.3 Å². The van der Waals surface area contributed by atoms with Gasteiger partial charge in [-0.25, -0.2) is 19.2 Å². The Labute approximate surface area is 93.1 Å². The van der Waals surface area contributed by atoms with Crippen molar-refractivity contribution in [2.45, 2.75) is 0 Å². The molecule has 11 heteroatoms. The Bertz CT molecular complexity index is 267. The van der Waals surface area contributed by atoms with Gasteiger partial charge in [0.05, 0.1) is 0 Å². The van der Waals surface area contributed by atoms with E-state index in [2.05, 4.69) is 9.31 Å². The zero-order chi connectivity index (χ0) is 11.3. The van der Waals surface area contributed by atoms with Gasteiger partial charge < -0.3 is 14.3 Å². The van der Waals surface area contributed by atoms with Gasteiger partial charge in [0, 0.05) is 0 Å². The van der Waals surface area contributed by atoms with Gasteiger partial charge in [0.2, 0.25) is 0 Å². The minimum Gasteiger partial charge on any atom is -0.808 e. The molecule has 0 aliphatic rings. The number of carbonyl (C=O) groups is 4. The normalized spacial score (nSPS) is 8.20. The van der Waals surface area contributed by atoms with Crippen molar-refractivity contribution in [3.05, 3.63) is 0 Å². The fourth-order valence-electron chi connectivity index (χ4n) is 0.292. The summed E-state index contributed by atoms with van der Waals surface area (Å²) in [6.45, 7) is 0. The number of halogens is 2. The molecule has 0 N–H and O–H groups in total. The summed E-state index contributed by atoms with van der Waals surface area (Å²) in [5.74, 6) is -4.44. The Kier molecular flexibility index (Phi) is 7.68. The molecule has 0 bridgehead atoms. The third kappa shape index (κ3) is 6.78. The van der Waals surface area contributed by atoms with Gasteiger partial charge in [0.25, 0.3) is 0 Å². The molecule has 0 heterocycles. The van der Waals surface area contributed by atoms with Crippen molar-refractivity contribution in [2.24, 2.45) is 0 Å². The van der Waals surface area contributed by atoms with Crippen molar-refractivity contribution in [3.63, 3.8) is 0 Å². The summed E-state index contributed by atoms with van der Waals surface area (Å²) in [6, 6.07) is -5.21. The molecule has 0 aromatic carbocycles. The largest absolute Gasteiger partial charge is 1.00 e. The van der Waals surface area contributed by atoms with Gasteiger partial charge in [-0.1, -0.05) is 0 Å². The molecule has 15 heavy (non-hydrogen) atoms. The number of rotatable bonds is 4. The maximum absolute atomic E-state index is 11.4. The van der Waals surface area contributed by atoms with Crippen molar-refractivity contribution >= 4 is 31.3 Å². The molecule has 0 saturated heterocycles. The molecule has 0 atom stereocenters. The smallest absolute Gasteiger partial charge is 0.808 e. The summed E-state index contributed by atoms with van der Waals surface area (Å²) in [7, 11) is -2.98. The molecule has 0 aromatic rings. The van der Waals surface area contributed by atoms with Crippen molar-refractivity contribution in [1.82, 2.24) is 0 Å². The van der Waals surface area contributed by atoms with Crippen LogP contribution in [0, 0.1) is 0 Å². The van der Waals surface area contributed by atoms with Crippen LogP contribution in [0.15, 0.2) is 0 Å². The second-order valence-electron chi connectivity index (χ2n) is 1.65. The Hall–Kier alpha value is -1.24. The molecule has 0 fully saturated rings. The van der Waals surface area contributed by atoms with Gasteiger partial charge in [-0.2, -0.15) is 8.78 Å². The van der Waals surface area contributed by atoms with Crippen molar-refractivity contribution in [2.75, 3.05) is 0 Å². The maximum atomic E-state index is 11.4. The van der Waals surface area contributed by atoms with E-state index in [9.17, 15) is 33.0 Å². The molecule has 0 saturated carbocycles. The topological polar surface area (TPSA) is 110 Å². The van der Waals surface area contributed by atoms with E-state index in [0.717, 1.165) is 0 Å². The summed E-state index contributed by atoms with van der Waals surface area (Å²) < 4.78 is 29.3. The van der Waals surface area contributed by atoms with E-state index in [1.165, 1.54) is 0 Å². The van der Waals surface area contributed by atoms with Gasteiger partial charge in [-0.3, -0.25) is 0 Å². The van der Waals surface area contributed by atoms with Crippen LogP contribution in [0.3, 0.4) is 0 Å². The summed E-state index contributed by atoms with van der Waals surface area (Å²) >= 11 is 0. The van der Waals surface area contributed by atoms with E-state index in [0.29, 0.717) is 0 Å². The van der Waals surface area contributed by atoms with Crippen LogP contribution in [0.25, 0.3) is 0 Å². The van der Waals surface area contributed by atoms with Crippen LogP contribution in [-0.2, 0) is 28.5 Å². The minimum absolute atomic E-state index is 0. The molecule has 7 nitrogen and oxygen atoms in total. The molecule has 76 valence electrons. The summed E-state index contributed by atoms with van der Waals surface area (Å²) in [5, 5.41) is 10.2. The van der Waals surface area contributed by atoms with Gasteiger partial charge in [0.15, 0.2) is 0 Å². The maximum Gasteiger partial charge on any atom is 1.00 e. The first-order chi connectivity index (χ1) is 6.34. The van der Waals surface area contributed by atoms with E-state index >= 15 is 0 Å². The van der Waals surface area contributed by atoms with Gasteiger partial charge in [0.1, 0.15) is 0 Å². The fraction of sp³-hybridized carbons (Fsp3) is 0. The van der Waals surface area contributed by atoms with Crippen LogP contribution >= 0.6 is 0 Å². The van der Waals surface area contributed by atoms with Crippen LogP contribution in [-0.4, -0.2) is 31.3 Å². The standard InChI is InChI=1S/C4BF2O7.Li/c6-1(8)3(10)13-5(12)14-4(11)2(7)9;/q-1;+1. The molecule has 0 radical (unpaired) electrons. The molecule has 0 unspecified atom stereocenters. The first kappa shape index (κ1) is 16.2. The number of hydrogen-bond donors (Lipinski definition) is 0. The molecule has 0 amide bonds. The average Bonchev–Trinajstić information content (AvgIpc) is 2.03. The summed E-state index contributed by atoms with van der Waals surface area (Å²) in [4.78, 5) is 39.1. The van der Waals surface area contributed by atoms with Crippen LogP contribution < -0.4 is 23.9 Å². The predicted octanol–water partition coefficient (Wildman–Crippen LogP) is -5.59. The van der Waals surface area contributed by atoms with Crippen LogP contribution in [0.4, 0.5) is 8.78 Å². The van der Waals surface area contributed by atoms with E-state index in [1.807, 2.05) is 0 Å². The molecule has 0 rings (SSSR count). The van der Waals surface area contributed by atoms with E-state index in [4.69, 9.17) is 0 Å². The SMILES string of the molecule is O=C(F)C(=O)OB([O-])OC(=O)C(=O)F.[Li+]. The van der Waals surface area contributed by atoms with E-state index in [1.54, 1.807) is 0 Å². The first-order valence-corrected chi connectivity index (χ1v) is 2.81. The van der Waals surface area contributed by atoms with Crippen molar-refractivity contribution < 1.29 is 61.2 Å². The zero-order valence-electron chi connectivity index (χ0n) is 7.19. The summed E-state index contributed by atoms with van der Waals surface area (Å²) in [5.41, 5.74) is 0. The second-order valence-corrected chi connectivity index (χ2v) is 1.65. The molecule has 0 aromatic heterocycles.